The molecular weight excluding hydrogens is 364 g/mol. The molecule has 0 aliphatic carbocycles. The quantitative estimate of drug-likeness (QED) is 0.749. The van der Waals surface area contributed by atoms with Gasteiger partial charge >= 0.3 is 0 Å². The number of halogens is 1. The second-order valence-electron chi connectivity index (χ2n) is 7.20. The summed E-state index contributed by atoms with van der Waals surface area (Å²) < 4.78 is 1.87. The maximum atomic E-state index is 11.9. The van der Waals surface area contributed by atoms with Gasteiger partial charge in [-0.15, -0.1) is 0 Å². The lowest BCUT2D eigenvalue weighted by Gasteiger charge is -2.41. The molecule has 1 aliphatic heterocycles. The molecule has 3 aromatic heterocycles. The molecule has 1 saturated heterocycles. The molecule has 1 amide bonds. The fourth-order valence-corrected chi connectivity index (χ4v) is 3.99. The number of anilines is 1. The van der Waals surface area contributed by atoms with Gasteiger partial charge in [0.1, 0.15) is 17.2 Å². The standard InChI is InChI=1S/C19H21ClN6O/c1-11-7-14(18(21)27)12(2)25(9-11)17-5-6-22-19(24-17)15-8-23-16-4-3-13(20)10-26(15)16/h3-6,8,10-12,14H,7,9H2,1-2H3,(H2,21,27). The molecule has 4 heterocycles. The summed E-state index contributed by atoms with van der Waals surface area (Å²) in [6.45, 7) is 4.97. The van der Waals surface area contributed by atoms with Gasteiger partial charge in [-0.3, -0.25) is 9.20 Å². The molecule has 2 N–H and O–H groups in total. The van der Waals surface area contributed by atoms with E-state index in [2.05, 4.69) is 21.8 Å². The van der Waals surface area contributed by atoms with Crippen LogP contribution < -0.4 is 10.6 Å². The van der Waals surface area contributed by atoms with Crippen molar-refractivity contribution in [1.82, 2.24) is 19.4 Å². The van der Waals surface area contributed by atoms with E-state index < -0.39 is 0 Å². The van der Waals surface area contributed by atoms with Gasteiger partial charge in [0.2, 0.25) is 5.91 Å². The van der Waals surface area contributed by atoms with Crippen LogP contribution in [0.2, 0.25) is 5.02 Å². The zero-order chi connectivity index (χ0) is 19.1. The molecular formula is C19H21ClN6O. The Kier molecular flexibility index (Phi) is 4.47. The summed E-state index contributed by atoms with van der Waals surface area (Å²) in [5, 5.41) is 0.612. The molecule has 0 radical (unpaired) electrons. The molecule has 0 spiro atoms. The lowest BCUT2D eigenvalue weighted by atomic mass is 9.84. The minimum atomic E-state index is -0.259. The Hall–Kier alpha value is -2.67. The number of primary amides is 1. The average molecular weight is 385 g/mol. The van der Waals surface area contributed by atoms with Crippen molar-refractivity contribution in [2.45, 2.75) is 26.3 Å². The Balaban J connectivity index is 1.74. The van der Waals surface area contributed by atoms with Crippen LogP contribution in [-0.4, -0.2) is 37.8 Å². The summed E-state index contributed by atoms with van der Waals surface area (Å²) in [6, 6.07) is 5.50. The number of amides is 1. The van der Waals surface area contributed by atoms with Crippen LogP contribution in [0.5, 0.6) is 0 Å². The molecule has 3 aromatic rings. The predicted octanol–water partition coefficient (Wildman–Crippen LogP) is 2.78. The van der Waals surface area contributed by atoms with Crippen molar-refractivity contribution in [3.8, 4) is 11.5 Å². The highest BCUT2D eigenvalue weighted by atomic mass is 35.5. The molecule has 7 nitrogen and oxygen atoms in total. The highest BCUT2D eigenvalue weighted by Gasteiger charge is 2.35. The molecule has 27 heavy (non-hydrogen) atoms. The van der Waals surface area contributed by atoms with E-state index >= 15 is 0 Å². The zero-order valence-electron chi connectivity index (χ0n) is 15.2. The number of imidazole rings is 1. The number of hydrogen-bond donors (Lipinski definition) is 1. The number of piperidine rings is 1. The van der Waals surface area contributed by atoms with E-state index in [0.717, 1.165) is 30.1 Å². The SMILES string of the molecule is CC1CC(C(N)=O)C(C)N(c2ccnc(-c3cnc4ccc(Cl)cn34)n2)C1. The van der Waals surface area contributed by atoms with Crippen LogP contribution >= 0.6 is 11.6 Å². The largest absolute Gasteiger partial charge is 0.369 e. The first-order chi connectivity index (χ1) is 12.9. The zero-order valence-corrected chi connectivity index (χ0v) is 16.0. The Morgan fingerprint density at radius 2 is 2.07 bits per heavy atom. The lowest BCUT2D eigenvalue weighted by Crippen LogP contribution is -2.51. The molecule has 1 fully saturated rings. The molecule has 0 saturated carbocycles. The van der Waals surface area contributed by atoms with Crippen molar-refractivity contribution in [1.29, 1.82) is 0 Å². The number of hydrogen-bond acceptors (Lipinski definition) is 5. The molecule has 3 unspecified atom stereocenters. The van der Waals surface area contributed by atoms with Crippen molar-refractivity contribution < 1.29 is 4.79 Å². The first-order valence-electron chi connectivity index (χ1n) is 8.96. The smallest absolute Gasteiger partial charge is 0.222 e. The topological polar surface area (TPSA) is 89.4 Å². The minimum absolute atomic E-state index is 0.0157. The number of rotatable bonds is 3. The molecule has 3 atom stereocenters. The average Bonchev–Trinajstić information content (AvgIpc) is 3.06. The second-order valence-corrected chi connectivity index (χ2v) is 7.64. The van der Waals surface area contributed by atoms with Gasteiger partial charge in [0, 0.05) is 25.0 Å². The number of nitrogens with zero attached hydrogens (tertiary/aromatic N) is 5. The minimum Gasteiger partial charge on any atom is -0.369 e. The van der Waals surface area contributed by atoms with Crippen LogP contribution in [0, 0.1) is 11.8 Å². The van der Waals surface area contributed by atoms with E-state index in [4.69, 9.17) is 22.3 Å². The van der Waals surface area contributed by atoms with Crippen molar-refractivity contribution in [2.75, 3.05) is 11.4 Å². The number of pyridine rings is 1. The monoisotopic (exact) mass is 384 g/mol. The highest BCUT2D eigenvalue weighted by molar-refractivity contribution is 6.30. The Labute approximate surface area is 162 Å². The van der Waals surface area contributed by atoms with E-state index in [9.17, 15) is 4.79 Å². The van der Waals surface area contributed by atoms with Crippen molar-refractivity contribution in [3.05, 3.63) is 41.8 Å². The molecule has 140 valence electrons. The van der Waals surface area contributed by atoms with E-state index in [1.165, 1.54) is 0 Å². The first-order valence-corrected chi connectivity index (χ1v) is 9.34. The van der Waals surface area contributed by atoms with Crippen LogP contribution in [0.15, 0.2) is 36.8 Å². The van der Waals surface area contributed by atoms with Crippen LogP contribution in [0.25, 0.3) is 17.2 Å². The van der Waals surface area contributed by atoms with Crippen molar-refractivity contribution in [2.24, 2.45) is 17.6 Å². The Morgan fingerprint density at radius 1 is 1.26 bits per heavy atom. The third kappa shape index (κ3) is 3.23. The number of carbonyl (C=O) groups excluding carboxylic acids is 1. The van der Waals surface area contributed by atoms with Crippen LogP contribution in [0.4, 0.5) is 5.82 Å². The maximum absolute atomic E-state index is 11.9. The van der Waals surface area contributed by atoms with Gasteiger partial charge in [0.15, 0.2) is 5.82 Å². The van der Waals surface area contributed by atoms with Gasteiger partial charge in [-0.1, -0.05) is 18.5 Å². The Morgan fingerprint density at radius 3 is 2.85 bits per heavy atom. The summed E-state index contributed by atoms with van der Waals surface area (Å²) in [5.74, 6) is 1.24. The molecule has 8 heteroatoms. The molecule has 1 aliphatic rings. The highest BCUT2D eigenvalue weighted by Crippen LogP contribution is 2.31. The summed E-state index contributed by atoms with van der Waals surface area (Å²) in [5.41, 5.74) is 7.16. The van der Waals surface area contributed by atoms with Gasteiger partial charge in [0.05, 0.1) is 17.1 Å². The number of aromatic nitrogens is 4. The third-order valence-electron chi connectivity index (χ3n) is 5.24. The number of nitrogens with two attached hydrogens (primary N) is 1. The number of carbonyl (C=O) groups is 1. The van der Waals surface area contributed by atoms with Crippen LogP contribution in [0.1, 0.15) is 20.3 Å². The first kappa shape index (κ1) is 17.7. The second kappa shape index (κ2) is 6.81. The van der Waals surface area contributed by atoms with E-state index in [1.54, 1.807) is 24.7 Å². The summed E-state index contributed by atoms with van der Waals surface area (Å²) in [6.07, 6.45) is 6.06. The molecule has 4 rings (SSSR count). The Bertz CT molecular complexity index is 1000. The van der Waals surface area contributed by atoms with Gasteiger partial charge < -0.3 is 10.6 Å². The van der Waals surface area contributed by atoms with Gasteiger partial charge in [0.25, 0.3) is 0 Å². The summed E-state index contributed by atoms with van der Waals surface area (Å²) in [7, 11) is 0. The van der Waals surface area contributed by atoms with E-state index in [1.807, 2.05) is 23.5 Å². The number of fused-ring (bicyclic) bond motifs is 1. The fourth-order valence-electron chi connectivity index (χ4n) is 3.83. The van der Waals surface area contributed by atoms with E-state index in [0.29, 0.717) is 16.8 Å². The molecule has 0 bridgehead atoms. The summed E-state index contributed by atoms with van der Waals surface area (Å²) in [4.78, 5) is 27.6. The van der Waals surface area contributed by atoms with Gasteiger partial charge in [-0.05, 0) is 37.5 Å². The van der Waals surface area contributed by atoms with Gasteiger partial charge in [-0.2, -0.15) is 0 Å². The van der Waals surface area contributed by atoms with Crippen molar-refractivity contribution in [3.63, 3.8) is 0 Å². The lowest BCUT2D eigenvalue weighted by molar-refractivity contribution is -0.123. The van der Waals surface area contributed by atoms with Gasteiger partial charge in [-0.25, -0.2) is 15.0 Å². The van der Waals surface area contributed by atoms with Crippen LogP contribution in [-0.2, 0) is 4.79 Å². The van der Waals surface area contributed by atoms with Crippen LogP contribution in [0.3, 0.4) is 0 Å². The normalized spacial score (nSPS) is 22.9. The summed E-state index contributed by atoms with van der Waals surface area (Å²) >= 11 is 6.13. The molecule has 0 aromatic carbocycles. The van der Waals surface area contributed by atoms with E-state index in [-0.39, 0.29) is 17.9 Å². The third-order valence-corrected chi connectivity index (χ3v) is 5.46. The fraction of sp³-hybridized carbons (Fsp3) is 0.368. The maximum Gasteiger partial charge on any atom is 0.222 e. The van der Waals surface area contributed by atoms with Crippen molar-refractivity contribution >= 4 is 29.0 Å². The predicted molar refractivity (Wildman–Crippen MR) is 105 cm³/mol.